The van der Waals surface area contributed by atoms with Crippen molar-refractivity contribution < 1.29 is 4.79 Å². The van der Waals surface area contributed by atoms with Crippen molar-refractivity contribution in [3.8, 4) is 0 Å². The predicted octanol–water partition coefficient (Wildman–Crippen LogP) is 3.29. The van der Waals surface area contributed by atoms with Crippen LogP contribution in [0.1, 0.15) is 35.1 Å². The number of ketones is 1. The van der Waals surface area contributed by atoms with Crippen molar-refractivity contribution in [2.45, 2.75) is 26.7 Å². The first-order valence-electron chi connectivity index (χ1n) is 6.86. The third kappa shape index (κ3) is 2.41. The first-order chi connectivity index (χ1) is 9.63. The van der Waals surface area contributed by atoms with Gasteiger partial charge in [-0.2, -0.15) is 0 Å². The number of para-hydroxylation sites is 1. The Morgan fingerprint density at radius 1 is 1.15 bits per heavy atom. The number of carbonyl (C=O) groups excluding carboxylic acids is 1. The number of aryl methyl sites for hydroxylation is 1. The van der Waals surface area contributed by atoms with Gasteiger partial charge in [0, 0.05) is 12.1 Å². The van der Waals surface area contributed by atoms with E-state index < -0.39 is 0 Å². The van der Waals surface area contributed by atoms with Crippen molar-refractivity contribution in [1.29, 1.82) is 0 Å². The molecule has 2 aromatic rings. The van der Waals surface area contributed by atoms with Gasteiger partial charge in [-0.1, -0.05) is 25.1 Å². The van der Waals surface area contributed by atoms with E-state index in [0.29, 0.717) is 18.3 Å². The zero-order valence-corrected chi connectivity index (χ0v) is 11.7. The van der Waals surface area contributed by atoms with E-state index in [2.05, 4.69) is 22.2 Å². The van der Waals surface area contributed by atoms with Crippen LogP contribution in [0.15, 0.2) is 30.3 Å². The number of benzene rings is 1. The fourth-order valence-electron chi connectivity index (χ4n) is 2.67. The highest BCUT2D eigenvalue weighted by Crippen LogP contribution is 2.27. The zero-order chi connectivity index (χ0) is 14.1. The molecule has 0 fully saturated rings. The number of anilines is 2. The number of aromatic nitrogens is 2. The van der Waals surface area contributed by atoms with E-state index in [1.807, 2.05) is 37.3 Å². The quantitative estimate of drug-likeness (QED) is 0.907. The average molecular weight is 267 g/mol. The van der Waals surface area contributed by atoms with E-state index in [1.165, 1.54) is 0 Å². The molecule has 102 valence electrons. The number of rotatable bonds is 2. The van der Waals surface area contributed by atoms with Gasteiger partial charge in [0.25, 0.3) is 0 Å². The van der Waals surface area contributed by atoms with Crippen LogP contribution in [0.3, 0.4) is 0 Å². The summed E-state index contributed by atoms with van der Waals surface area (Å²) in [5.41, 5.74) is 3.31. The SMILES string of the molecule is Cc1nc(Nc2ccccc2)nc2c1C(=O)C[C@@H](C)C2. The number of hydrogen-bond donors (Lipinski definition) is 1. The van der Waals surface area contributed by atoms with Crippen LogP contribution in [0.5, 0.6) is 0 Å². The summed E-state index contributed by atoms with van der Waals surface area (Å²) in [6, 6.07) is 9.81. The summed E-state index contributed by atoms with van der Waals surface area (Å²) in [7, 11) is 0. The van der Waals surface area contributed by atoms with E-state index in [4.69, 9.17) is 0 Å². The molecule has 1 aromatic heterocycles. The van der Waals surface area contributed by atoms with Gasteiger partial charge in [0.15, 0.2) is 5.78 Å². The third-order valence-corrected chi connectivity index (χ3v) is 3.55. The minimum atomic E-state index is 0.169. The molecule has 0 saturated carbocycles. The van der Waals surface area contributed by atoms with Crippen molar-refractivity contribution in [3.63, 3.8) is 0 Å². The van der Waals surface area contributed by atoms with Gasteiger partial charge in [-0.05, 0) is 31.4 Å². The van der Waals surface area contributed by atoms with E-state index in [-0.39, 0.29) is 5.78 Å². The number of hydrogen-bond acceptors (Lipinski definition) is 4. The fraction of sp³-hybridized carbons (Fsp3) is 0.312. The molecule has 0 aliphatic heterocycles. The zero-order valence-electron chi connectivity index (χ0n) is 11.7. The summed E-state index contributed by atoms with van der Waals surface area (Å²) in [5, 5.41) is 3.19. The van der Waals surface area contributed by atoms with Gasteiger partial charge >= 0.3 is 0 Å². The maximum Gasteiger partial charge on any atom is 0.227 e. The Bertz CT molecular complexity index is 652. The Balaban J connectivity index is 1.97. The molecule has 4 nitrogen and oxygen atoms in total. The maximum atomic E-state index is 12.1. The van der Waals surface area contributed by atoms with Crippen molar-refractivity contribution in [3.05, 3.63) is 47.3 Å². The van der Waals surface area contributed by atoms with Crippen LogP contribution < -0.4 is 5.32 Å². The van der Waals surface area contributed by atoms with Crippen LogP contribution in [0.2, 0.25) is 0 Å². The molecule has 4 heteroatoms. The van der Waals surface area contributed by atoms with Gasteiger partial charge < -0.3 is 5.32 Å². The van der Waals surface area contributed by atoms with Crippen LogP contribution >= 0.6 is 0 Å². The molecule has 0 unspecified atom stereocenters. The Labute approximate surface area is 118 Å². The second kappa shape index (κ2) is 5.04. The van der Waals surface area contributed by atoms with Gasteiger partial charge in [-0.25, -0.2) is 9.97 Å². The first kappa shape index (κ1) is 12.8. The number of carbonyl (C=O) groups is 1. The van der Waals surface area contributed by atoms with Crippen LogP contribution in [0.25, 0.3) is 0 Å². The van der Waals surface area contributed by atoms with Gasteiger partial charge in [0.05, 0.1) is 17.0 Å². The minimum Gasteiger partial charge on any atom is -0.324 e. The second-order valence-electron chi connectivity index (χ2n) is 5.38. The Hall–Kier alpha value is -2.23. The molecule has 0 amide bonds. The Morgan fingerprint density at radius 3 is 2.65 bits per heavy atom. The smallest absolute Gasteiger partial charge is 0.227 e. The summed E-state index contributed by atoms with van der Waals surface area (Å²) in [6.45, 7) is 3.97. The highest BCUT2D eigenvalue weighted by Gasteiger charge is 2.26. The molecule has 3 rings (SSSR count). The first-order valence-corrected chi connectivity index (χ1v) is 6.86. The molecule has 1 aromatic carbocycles. The lowest BCUT2D eigenvalue weighted by Gasteiger charge is -2.21. The van der Waals surface area contributed by atoms with E-state index in [0.717, 1.165) is 29.1 Å². The number of nitrogens with zero attached hydrogens (tertiary/aromatic N) is 2. The van der Waals surface area contributed by atoms with E-state index in [9.17, 15) is 4.79 Å². The maximum absolute atomic E-state index is 12.1. The minimum absolute atomic E-state index is 0.169. The molecule has 0 saturated heterocycles. The molecule has 20 heavy (non-hydrogen) atoms. The van der Waals surface area contributed by atoms with Crippen molar-refractivity contribution in [2.24, 2.45) is 5.92 Å². The molecule has 0 bridgehead atoms. The van der Waals surface area contributed by atoms with Gasteiger partial charge in [0.2, 0.25) is 5.95 Å². The molecule has 1 aliphatic carbocycles. The lowest BCUT2D eigenvalue weighted by atomic mass is 9.86. The highest BCUT2D eigenvalue weighted by molar-refractivity contribution is 5.99. The van der Waals surface area contributed by atoms with Crippen molar-refractivity contribution in [2.75, 3.05) is 5.32 Å². The molecular weight excluding hydrogens is 250 g/mol. The largest absolute Gasteiger partial charge is 0.324 e. The standard InChI is InChI=1S/C16H17N3O/c1-10-8-13-15(14(20)9-10)11(2)17-16(19-13)18-12-6-4-3-5-7-12/h3-7,10H,8-9H2,1-2H3,(H,17,18,19)/t10-/m0/s1. The van der Waals surface area contributed by atoms with Crippen LogP contribution in [-0.4, -0.2) is 15.8 Å². The Kier molecular flexibility index (Phi) is 3.22. The summed E-state index contributed by atoms with van der Waals surface area (Å²) in [4.78, 5) is 21.0. The molecule has 0 radical (unpaired) electrons. The van der Waals surface area contributed by atoms with Crippen molar-refractivity contribution >= 4 is 17.4 Å². The van der Waals surface area contributed by atoms with Gasteiger partial charge in [-0.15, -0.1) is 0 Å². The van der Waals surface area contributed by atoms with E-state index in [1.54, 1.807) is 0 Å². The lowest BCUT2D eigenvalue weighted by Crippen LogP contribution is -2.22. The molecular formula is C16H17N3O. The van der Waals surface area contributed by atoms with Crippen molar-refractivity contribution in [1.82, 2.24) is 9.97 Å². The predicted molar refractivity (Wildman–Crippen MR) is 78.3 cm³/mol. The van der Waals surface area contributed by atoms with Gasteiger partial charge in [0.1, 0.15) is 0 Å². The topological polar surface area (TPSA) is 54.9 Å². The Morgan fingerprint density at radius 2 is 1.90 bits per heavy atom. The number of Topliss-reactive ketones (excluding diaryl/α,β-unsaturated/α-hetero) is 1. The number of fused-ring (bicyclic) bond motifs is 1. The molecule has 1 aliphatic rings. The van der Waals surface area contributed by atoms with E-state index >= 15 is 0 Å². The van der Waals surface area contributed by atoms with Crippen LogP contribution in [0, 0.1) is 12.8 Å². The summed E-state index contributed by atoms with van der Waals surface area (Å²) < 4.78 is 0. The van der Waals surface area contributed by atoms with Crippen LogP contribution in [-0.2, 0) is 6.42 Å². The summed E-state index contributed by atoms with van der Waals surface area (Å²) in [6.07, 6.45) is 1.44. The number of nitrogens with one attached hydrogen (secondary N) is 1. The lowest BCUT2D eigenvalue weighted by molar-refractivity contribution is 0.0951. The second-order valence-corrected chi connectivity index (χ2v) is 5.38. The highest BCUT2D eigenvalue weighted by atomic mass is 16.1. The fourth-order valence-corrected chi connectivity index (χ4v) is 2.67. The normalized spacial score (nSPS) is 17.7. The molecule has 1 N–H and O–H groups in total. The van der Waals surface area contributed by atoms with Gasteiger partial charge in [-0.3, -0.25) is 4.79 Å². The third-order valence-electron chi connectivity index (χ3n) is 3.55. The molecule has 0 spiro atoms. The average Bonchev–Trinajstić information content (AvgIpc) is 2.38. The summed E-state index contributed by atoms with van der Waals surface area (Å²) >= 11 is 0. The monoisotopic (exact) mass is 267 g/mol. The van der Waals surface area contributed by atoms with Crippen LogP contribution in [0.4, 0.5) is 11.6 Å². The summed E-state index contributed by atoms with van der Waals surface area (Å²) in [5.74, 6) is 1.09. The molecule has 1 atom stereocenters. The molecule has 1 heterocycles.